The second kappa shape index (κ2) is 9.82. The molecule has 108 valence electrons. The summed E-state index contributed by atoms with van der Waals surface area (Å²) in [6.07, 6.45) is 2.07. The predicted molar refractivity (Wildman–Crippen MR) is 78.0 cm³/mol. The Morgan fingerprint density at radius 1 is 1.00 bits per heavy atom. The number of hydrogen-bond acceptors (Lipinski definition) is 3. The van der Waals surface area contributed by atoms with Crippen LogP contribution in [0.5, 0.6) is 5.75 Å². The molecule has 0 radical (unpaired) electrons. The summed E-state index contributed by atoms with van der Waals surface area (Å²) >= 11 is 0. The van der Waals surface area contributed by atoms with Crippen LogP contribution in [-0.4, -0.2) is 33.5 Å². The molecule has 0 saturated carbocycles. The fraction of sp³-hybridized carbons (Fsp3) is 0.625. The van der Waals surface area contributed by atoms with E-state index in [-0.39, 0.29) is 0 Å². The summed E-state index contributed by atoms with van der Waals surface area (Å²) in [5, 5.41) is 0. The van der Waals surface area contributed by atoms with Crippen molar-refractivity contribution < 1.29 is 14.2 Å². The molecule has 1 aromatic rings. The smallest absolute Gasteiger partial charge is 0.119 e. The first kappa shape index (κ1) is 16.0. The Hall–Kier alpha value is -1.06. The van der Waals surface area contributed by atoms with Crippen molar-refractivity contribution in [3.63, 3.8) is 0 Å². The van der Waals surface area contributed by atoms with Gasteiger partial charge in [0.25, 0.3) is 0 Å². The van der Waals surface area contributed by atoms with Gasteiger partial charge in [-0.05, 0) is 30.0 Å². The van der Waals surface area contributed by atoms with E-state index in [9.17, 15) is 0 Å². The Morgan fingerprint density at radius 3 is 2.37 bits per heavy atom. The van der Waals surface area contributed by atoms with E-state index >= 15 is 0 Å². The molecule has 0 aliphatic carbocycles. The van der Waals surface area contributed by atoms with Gasteiger partial charge in [-0.2, -0.15) is 0 Å². The van der Waals surface area contributed by atoms with Crippen molar-refractivity contribution in [1.29, 1.82) is 0 Å². The highest BCUT2D eigenvalue weighted by molar-refractivity contribution is 5.29. The summed E-state index contributed by atoms with van der Waals surface area (Å²) in [6, 6.07) is 8.40. The molecule has 0 aliphatic rings. The van der Waals surface area contributed by atoms with Gasteiger partial charge in [0.05, 0.1) is 19.8 Å². The summed E-state index contributed by atoms with van der Waals surface area (Å²) in [5.74, 6) is 1.55. The molecule has 0 bridgehead atoms. The summed E-state index contributed by atoms with van der Waals surface area (Å²) in [6.45, 7) is 7.16. The van der Waals surface area contributed by atoms with Crippen LogP contribution in [0.2, 0.25) is 0 Å². The Balaban J connectivity index is 2.16. The molecule has 0 heterocycles. The third-order valence-corrected chi connectivity index (χ3v) is 3.20. The van der Waals surface area contributed by atoms with E-state index in [2.05, 4.69) is 26.0 Å². The standard InChI is InChI=1S/C16H26O3/c1-4-14(2)15-6-8-16(9-7-15)19-11-5-10-18-13-12-17-3/h6-9,14H,4-5,10-13H2,1-3H3. The molecule has 0 fully saturated rings. The first-order valence-corrected chi connectivity index (χ1v) is 7.07. The number of methoxy groups -OCH3 is 1. The highest BCUT2D eigenvalue weighted by atomic mass is 16.5. The maximum Gasteiger partial charge on any atom is 0.119 e. The lowest BCUT2D eigenvalue weighted by molar-refractivity contribution is 0.0644. The lowest BCUT2D eigenvalue weighted by Gasteiger charge is -2.11. The van der Waals surface area contributed by atoms with Crippen LogP contribution >= 0.6 is 0 Å². The van der Waals surface area contributed by atoms with Crippen molar-refractivity contribution in [3.05, 3.63) is 29.8 Å². The third-order valence-electron chi connectivity index (χ3n) is 3.20. The lowest BCUT2D eigenvalue weighted by atomic mass is 9.99. The molecule has 0 aromatic heterocycles. The molecular formula is C16H26O3. The minimum Gasteiger partial charge on any atom is -0.494 e. The molecule has 1 atom stereocenters. The second-order valence-electron chi connectivity index (χ2n) is 4.69. The van der Waals surface area contributed by atoms with Gasteiger partial charge >= 0.3 is 0 Å². The van der Waals surface area contributed by atoms with Crippen LogP contribution in [0.25, 0.3) is 0 Å². The summed E-state index contributed by atoms with van der Waals surface area (Å²) < 4.78 is 15.9. The molecule has 19 heavy (non-hydrogen) atoms. The molecule has 1 unspecified atom stereocenters. The van der Waals surface area contributed by atoms with Gasteiger partial charge in [0.1, 0.15) is 5.75 Å². The largest absolute Gasteiger partial charge is 0.494 e. The van der Waals surface area contributed by atoms with Crippen molar-refractivity contribution >= 4 is 0 Å². The van der Waals surface area contributed by atoms with Crippen LogP contribution < -0.4 is 4.74 Å². The number of benzene rings is 1. The minimum absolute atomic E-state index is 0.614. The molecule has 0 spiro atoms. The molecule has 0 saturated heterocycles. The molecule has 0 aliphatic heterocycles. The molecule has 3 heteroatoms. The zero-order valence-electron chi connectivity index (χ0n) is 12.4. The summed E-state index contributed by atoms with van der Waals surface area (Å²) in [4.78, 5) is 0. The average molecular weight is 266 g/mol. The van der Waals surface area contributed by atoms with Gasteiger partial charge < -0.3 is 14.2 Å². The van der Waals surface area contributed by atoms with Crippen molar-refractivity contribution in [2.24, 2.45) is 0 Å². The first-order valence-electron chi connectivity index (χ1n) is 7.07. The van der Waals surface area contributed by atoms with Crippen LogP contribution in [0.1, 0.15) is 38.2 Å². The molecule has 3 nitrogen and oxygen atoms in total. The zero-order chi connectivity index (χ0) is 13.9. The maximum atomic E-state index is 5.67. The first-order chi connectivity index (χ1) is 9.27. The monoisotopic (exact) mass is 266 g/mol. The van der Waals surface area contributed by atoms with E-state index in [0.29, 0.717) is 32.3 Å². The highest BCUT2D eigenvalue weighted by Gasteiger charge is 2.02. The Morgan fingerprint density at radius 2 is 1.74 bits per heavy atom. The molecule has 0 N–H and O–H groups in total. The van der Waals surface area contributed by atoms with Gasteiger partial charge in [-0.3, -0.25) is 0 Å². The molecule has 1 aromatic carbocycles. The second-order valence-corrected chi connectivity index (χ2v) is 4.69. The van der Waals surface area contributed by atoms with Crippen molar-refractivity contribution in [2.75, 3.05) is 33.5 Å². The Kier molecular flexibility index (Phi) is 8.26. The number of ether oxygens (including phenoxy) is 3. The molecule has 1 rings (SSSR count). The van der Waals surface area contributed by atoms with Gasteiger partial charge in [0.2, 0.25) is 0 Å². The normalized spacial score (nSPS) is 12.4. The van der Waals surface area contributed by atoms with Gasteiger partial charge in [-0.25, -0.2) is 0 Å². The topological polar surface area (TPSA) is 27.7 Å². The van der Waals surface area contributed by atoms with Crippen molar-refractivity contribution in [3.8, 4) is 5.75 Å². The fourth-order valence-electron chi connectivity index (χ4n) is 1.72. The summed E-state index contributed by atoms with van der Waals surface area (Å²) in [7, 11) is 1.68. The predicted octanol–water partition coefficient (Wildman–Crippen LogP) is 3.63. The van der Waals surface area contributed by atoms with E-state index in [1.54, 1.807) is 7.11 Å². The van der Waals surface area contributed by atoms with Crippen LogP contribution in [-0.2, 0) is 9.47 Å². The van der Waals surface area contributed by atoms with E-state index in [1.807, 2.05) is 12.1 Å². The Labute approximate surface area is 116 Å². The van der Waals surface area contributed by atoms with Crippen molar-refractivity contribution in [2.45, 2.75) is 32.6 Å². The van der Waals surface area contributed by atoms with Gasteiger partial charge in [0.15, 0.2) is 0 Å². The summed E-state index contributed by atoms with van der Waals surface area (Å²) in [5.41, 5.74) is 1.37. The van der Waals surface area contributed by atoms with Gasteiger partial charge in [-0.15, -0.1) is 0 Å². The number of rotatable bonds is 10. The van der Waals surface area contributed by atoms with E-state index in [1.165, 1.54) is 12.0 Å². The van der Waals surface area contributed by atoms with E-state index < -0.39 is 0 Å². The van der Waals surface area contributed by atoms with Gasteiger partial charge in [-0.1, -0.05) is 26.0 Å². The minimum atomic E-state index is 0.614. The SMILES string of the molecule is CCC(C)c1ccc(OCCCOCCOC)cc1. The van der Waals surface area contributed by atoms with Crippen LogP contribution in [0.4, 0.5) is 0 Å². The highest BCUT2D eigenvalue weighted by Crippen LogP contribution is 2.21. The van der Waals surface area contributed by atoms with Crippen LogP contribution in [0, 0.1) is 0 Å². The van der Waals surface area contributed by atoms with E-state index in [4.69, 9.17) is 14.2 Å². The van der Waals surface area contributed by atoms with E-state index in [0.717, 1.165) is 12.2 Å². The quantitative estimate of drug-likeness (QED) is 0.605. The Bertz CT molecular complexity index is 321. The maximum absolute atomic E-state index is 5.67. The fourth-order valence-corrected chi connectivity index (χ4v) is 1.72. The van der Waals surface area contributed by atoms with Crippen LogP contribution in [0.3, 0.4) is 0 Å². The zero-order valence-corrected chi connectivity index (χ0v) is 12.4. The lowest BCUT2D eigenvalue weighted by Crippen LogP contribution is -2.06. The van der Waals surface area contributed by atoms with Gasteiger partial charge in [0, 0.05) is 20.1 Å². The van der Waals surface area contributed by atoms with Crippen LogP contribution in [0.15, 0.2) is 24.3 Å². The average Bonchev–Trinajstić information content (AvgIpc) is 2.46. The third kappa shape index (κ3) is 6.60. The molecule has 0 amide bonds. The molecular weight excluding hydrogens is 240 g/mol. The van der Waals surface area contributed by atoms with Crippen molar-refractivity contribution in [1.82, 2.24) is 0 Å². The number of hydrogen-bond donors (Lipinski definition) is 0.